The largest absolute Gasteiger partial charge is 0.356 e. The summed E-state index contributed by atoms with van der Waals surface area (Å²) in [5.74, 6) is 2.25. The summed E-state index contributed by atoms with van der Waals surface area (Å²) in [6, 6.07) is 4.27. The summed E-state index contributed by atoms with van der Waals surface area (Å²) in [6.07, 6.45) is 5.02. The number of nitrogens with zero attached hydrogens (tertiary/aromatic N) is 4. The topological polar surface area (TPSA) is 48.1 Å². The second kappa shape index (κ2) is 9.72. The highest BCUT2D eigenvalue weighted by atomic mass is 15.2. The monoisotopic (exact) mass is 357 g/mol. The van der Waals surface area contributed by atoms with Crippen molar-refractivity contribution in [3.05, 3.63) is 30.1 Å². The Balaban J connectivity index is 2.27. The number of aromatic amines is 1. The van der Waals surface area contributed by atoms with E-state index in [0.29, 0.717) is 11.8 Å². The quantitative estimate of drug-likeness (QED) is 0.683. The Morgan fingerprint density at radius 2 is 1.81 bits per heavy atom. The van der Waals surface area contributed by atoms with E-state index in [0.717, 1.165) is 49.7 Å². The average Bonchev–Trinajstić information content (AvgIpc) is 3.01. The van der Waals surface area contributed by atoms with Crippen molar-refractivity contribution >= 4 is 5.82 Å². The minimum atomic E-state index is 0.601. The lowest BCUT2D eigenvalue weighted by Crippen LogP contribution is -2.32. The van der Waals surface area contributed by atoms with Gasteiger partial charge in [-0.2, -0.15) is 5.10 Å². The van der Waals surface area contributed by atoms with Crippen molar-refractivity contribution in [2.75, 3.05) is 31.6 Å². The van der Waals surface area contributed by atoms with Crippen LogP contribution in [0.5, 0.6) is 0 Å². The third kappa shape index (κ3) is 5.84. The third-order valence-corrected chi connectivity index (χ3v) is 4.29. The predicted octanol–water partition coefficient (Wildman–Crippen LogP) is 4.43. The minimum Gasteiger partial charge on any atom is -0.356 e. The van der Waals surface area contributed by atoms with Crippen molar-refractivity contribution in [2.24, 2.45) is 11.8 Å². The lowest BCUT2D eigenvalue weighted by atomic mass is 10.1. The highest BCUT2D eigenvalue weighted by Gasteiger charge is 2.15. The van der Waals surface area contributed by atoms with Gasteiger partial charge in [-0.3, -0.25) is 5.10 Å². The number of H-pyrrole nitrogens is 1. The van der Waals surface area contributed by atoms with Gasteiger partial charge in [-0.15, -0.1) is 0 Å². The van der Waals surface area contributed by atoms with Crippen molar-refractivity contribution in [2.45, 2.75) is 47.6 Å². The fraction of sp³-hybridized carbons (Fsp3) is 0.619. The first kappa shape index (κ1) is 20.4. The Bertz CT molecular complexity index is 652. The maximum atomic E-state index is 4.66. The zero-order valence-electron chi connectivity index (χ0n) is 17.3. The number of hydrogen-bond acceptors (Lipinski definition) is 4. The Morgan fingerprint density at radius 1 is 1.12 bits per heavy atom. The number of hydrogen-bond donors (Lipinski definition) is 1. The Kier molecular flexibility index (Phi) is 7.64. The van der Waals surface area contributed by atoms with Crippen molar-refractivity contribution in [3.63, 3.8) is 0 Å². The van der Waals surface area contributed by atoms with Crippen LogP contribution < -0.4 is 4.90 Å². The van der Waals surface area contributed by atoms with Gasteiger partial charge in [0.05, 0.1) is 11.9 Å². The minimum absolute atomic E-state index is 0.601. The number of pyridine rings is 1. The Hall–Kier alpha value is -1.88. The molecule has 0 aliphatic carbocycles. The SMILES string of the molecule is CCCN(C)Cc1cn[nH]c1-c1ccnc(N(CC(C)C)CC(C)C)c1. The Labute approximate surface area is 158 Å². The number of anilines is 1. The average molecular weight is 358 g/mol. The summed E-state index contributed by atoms with van der Waals surface area (Å²) >= 11 is 0. The van der Waals surface area contributed by atoms with Gasteiger partial charge in [0.2, 0.25) is 0 Å². The zero-order valence-corrected chi connectivity index (χ0v) is 17.3. The molecular formula is C21H35N5. The van der Waals surface area contributed by atoms with Crippen LogP contribution in [0.15, 0.2) is 24.5 Å². The van der Waals surface area contributed by atoms with Gasteiger partial charge in [-0.1, -0.05) is 34.6 Å². The molecule has 0 saturated carbocycles. The molecule has 5 nitrogen and oxygen atoms in total. The fourth-order valence-corrected chi connectivity index (χ4v) is 3.32. The molecule has 0 aromatic carbocycles. The van der Waals surface area contributed by atoms with Crippen molar-refractivity contribution in [3.8, 4) is 11.3 Å². The molecule has 0 aliphatic rings. The van der Waals surface area contributed by atoms with E-state index in [1.807, 2.05) is 12.4 Å². The van der Waals surface area contributed by atoms with Crippen molar-refractivity contribution < 1.29 is 0 Å². The summed E-state index contributed by atoms with van der Waals surface area (Å²) in [5.41, 5.74) is 3.49. The molecule has 0 bridgehead atoms. The maximum absolute atomic E-state index is 4.66. The van der Waals surface area contributed by atoms with E-state index in [-0.39, 0.29) is 0 Å². The number of rotatable bonds is 10. The van der Waals surface area contributed by atoms with Gasteiger partial charge in [0.1, 0.15) is 5.82 Å². The van der Waals surface area contributed by atoms with Crippen LogP contribution in [0.25, 0.3) is 11.3 Å². The van der Waals surface area contributed by atoms with Gasteiger partial charge < -0.3 is 9.80 Å². The lowest BCUT2D eigenvalue weighted by molar-refractivity contribution is 0.328. The van der Waals surface area contributed by atoms with E-state index in [1.165, 1.54) is 5.56 Å². The molecule has 0 spiro atoms. The molecule has 0 amide bonds. The van der Waals surface area contributed by atoms with Crippen LogP contribution in [0.4, 0.5) is 5.82 Å². The number of aromatic nitrogens is 3. The molecule has 0 saturated heterocycles. The van der Waals surface area contributed by atoms with Crippen LogP contribution in [0.3, 0.4) is 0 Å². The lowest BCUT2D eigenvalue weighted by Gasteiger charge is -2.27. The smallest absolute Gasteiger partial charge is 0.129 e. The van der Waals surface area contributed by atoms with Gasteiger partial charge in [0, 0.05) is 37.0 Å². The van der Waals surface area contributed by atoms with Crippen LogP contribution in [0.1, 0.15) is 46.6 Å². The first-order valence-corrected chi connectivity index (χ1v) is 9.82. The maximum Gasteiger partial charge on any atom is 0.129 e. The molecule has 2 aromatic heterocycles. The molecular weight excluding hydrogens is 322 g/mol. The van der Waals surface area contributed by atoms with Crippen molar-refractivity contribution in [1.29, 1.82) is 0 Å². The zero-order chi connectivity index (χ0) is 19.1. The molecule has 0 unspecified atom stereocenters. The van der Waals surface area contributed by atoms with Crippen LogP contribution in [0.2, 0.25) is 0 Å². The highest BCUT2D eigenvalue weighted by molar-refractivity contribution is 5.66. The highest BCUT2D eigenvalue weighted by Crippen LogP contribution is 2.26. The first-order valence-electron chi connectivity index (χ1n) is 9.82. The normalized spacial score (nSPS) is 11.7. The molecule has 0 atom stereocenters. The van der Waals surface area contributed by atoms with Gasteiger partial charge in [-0.25, -0.2) is 4.98 Å². The van der Waals surface area contributed by atoms with Gasteiger partial charge in [0.15, 0.2) is 0 Å². The predicted molar refractivity (Wildman–Crippen MR) is 110 cm³/mol. The molecule has 0 fully saturated rings. The van der Waals surface area contributed by atoms with E-state index in [1.54, 1.807) is 0 Å². The fourth-order valence-electron chi connectivity index (χ4n) is 3.32. The third-order valence-electron chi connectivity index (χ3n) is 4.29. The summed E-state index contributed by atoms with van der Waals surface area (Å²) in [6.45, 7) is 15.3. The van der Waals surface area contributed by atoms with Gasteiger partial charge in [-0.05, 0) is 44.0 Å². The van der Waals surface area contributed by atoms with E-state index in [2.05, 4.69) is 78.8 Å². The van der Waals surface area contributed by atoms with Gasteiger partial charge in [0.25, 0.3) is 0 Å². The van der Waals surface area contributed by atoms with Crippen LogP contribution in [-0.2, 0) is 6.54 Å². The van der Waals surface area contributed by atoms with E-state index < -0.39 is 0 Å². The van der Waals surface area contributed by atoms with E-state index >= 15 is 0 Å². The molecule has 2 rings (SSSR count). The molecule has 1 N–H and O–H groups in total. The van der Waals surface area contributed by atoms with E-state index in [4.69, 9.17) is 0 Å². The molecule has 2 aromatic rings. The molecule has 5 heteroatoms. The van der Waals surface area contributed by atoms with E-state index in [9.17, 15) is 0 Å². The molecule has 144 valence electrons. The summed E-state index contributed by atoms with van der Waals surface area (Å²) in [7, 11) is 2.16. The van der Waals surface area contributed by atoms with Crippen LogP contribution >= 0.6 is 0 Å². The summed E-state index contributed by atoms with van der Waals surface area (Å²) < 4.78 is 0. The van der Waals surface area contributed by atoms with Crippen LogP contribution in [0, 0.1) is 11.8 Å². The Morgan fingerprint density at radius 3 is 2.42 bits per heavy atom. The second-order valence-corrected chi connectivity index (χ2v) is 8.10. The standard InChI is InChI=1S/C21H35N5/c1-7-10-25(6)15-19-12-23-24-21(19)18-8-9-22-20(11-18)26(13-16(2)3)14-17(4)5/h8-9,11-12,16-17H,7,10,13-15H2,1-6H3,(H,23,24). The molecule has 0 radical (unpaired) electrons. The summed E-state index contributed by atoms with van der Waals surface area (Å²) in [4.78, 5) is 9.39. The van der Waals surface area contributed by atoms with Crippen molar-refractivity contribution in [1.82, 2.24) is 20.1 Å². The first-order chi connectivity index (χ1) is 12.4. The number of nitrogens with one attached hydrogen (secondary N) is 1. The summed E-state index contributed by atoms with van der Waals surface area (Å²) in [5, 5.41) is 7.49. The van der Waals surface area contributed by atoms with Gasteiger partial charge >= 0.3 is 0 Å². The second-order valence-electron chi connectivity index (χ2n) is 8.10. The molecule has 2 heterocycles. The molecule has 26 heavy (non-hydrogen) atoms. The molecule has 0 aliphatic heterocycles. The van der Waals surface area contributed by atoms with Crippen LogP contribution in [-0.4, -0.2) is 46.8 Å².